The topological polar surface area (TPSA) is 29.1 Å². The molecule has 3 heteroatoms. The molecule has 0 aromatic carbocycles. The van der Waals surface area contributed by atoms with Crippen molar-refractivity contribution in [1.82, 2.24) is 5.32 Å². The van der Waals surface area contributed by atoms with Crippen LogP contribution in [0.5, 0.6) is 0 Å². The second kappa shape index (κ2) is 1.92. The van der Waals surface area contributed by atoms with E-state index in [2.05, 4.69) is 5.32 Å². The Hall–Kier alpha value is 0.110. The standard InChI is InChI=1S/C4H9NOS/c1-4-5-2-3-7(4)6/h4-5H,2-3H2,1H3. The Morgan fingerprint density at radius 1 is 1.86 bits per heavy atom. The van der Waals surface area contributed by atoms with Gasteiger partial charge in [0.2, 0.25) is 0 Å². The lowest BCUT2D eigenvalue weighted by atomic mass is 10.7. The zero-order valence-corrected chi connectivity index (χ0v) is 5.12. The zero-order chi connectivity index (χ0) is 5.28. The summed E-state index contributed by atoms with van der Waals surface area (Å²) in [6.45, 7) is 2.87. The summed E-state index contributed by atoms with van der Waals surface area (Å²) in [4.78, 5) is 0. The Morgan fingerprint density at radius 3 is 2.71 bits per heavy atom. The fourth-order valence-corrected chi connectivity index (χ4v) is 1.61. The van der Waals surface area contributed by atoms with Crippen LogP contribution in [0, 0.1) is 0 Å². The third kappa shape index (κ3) is 1.01. The summed E-state index contributed by atoms with van der Waals surface area (Å²) in [5.74, 6) is 0.834. The lowest BCUT2D eigenvalue weighted by Gasteiger charge is -1.95. The summed E-state index contributed by atoms with van der Waals surface area (Å²) in [5.41, 5.74) is 0. The third-order valence-corrected chi connectivity index (χ3v) is 2.69. The lowest BCUT2D eigenvalue weighted by Crippen LogP contribution is -2.19. The normalized spacial score (nSPS) is 41.9. The first-order chi connectivity index (χ1) is 3.30. The van der Waals surface area contributed by atoms with Gasteiger partial charge in [0.05, 0.1) is 5.37 Å². The second-order valence-electron chi connectivity index (χ2n) is 1.68. The first-order valence-corrected chi connectivity index (χ1v) is 3.79. The van der Waals surface area contributed by atoms with E-state index < -0.39 is 10.8 Å². The van der Waals surface area contributed by atoms with Gasteiger partial charge in [-0.3, -0.25) is 4.21 Å². The Balaban J connectivity index is 2.48. The Kier molecular flexibility index (Phi) is 1.44. The van der Waals surface area contributed by atoms with Crippen LogP contribution in [0.3, 0.4) is 0 Å². The van der Waals surface area contributed by atoms with E-state index in [1.807, 2.05) is 6.92 Å². The van der Waals surface area contributed by atoms with Crippen LogP contribution in [0.15, 0.2) is 0 Å². The highest BCUT2D eigenvalue weighted by molar-refractivity contribution is 7.85. The molecule has 2 atom stereocenters. The predicted octanol–water partition coefficient (Wildman–Crippen LogP) is -0.316. The van der Waals surface area contributed by atoms with Gasteiger partial charge < -0.3 is 5.32 Å². The van der Waals surface area contributed by atoms with Gasteiger partial charge in [-0.1, -0.05) is 0 Å². The molecule has 0 amide bonds. The van der Waals surface area contributed by atoms with Crippen molar-refractivity contribution in [2.75, 3.05) is 12.3 Å². The third-order valence-electron chi connectivity index (χ3n) is 1.13. The Bertz CT molecular complexity index is 93.7. The molecular weight excluding hydrogens is 110 g/mol. The van der Waals surface area contributed by atoms with E-state index in [1.54, 1.807) is 0 Å². The van der Waals surface area contributed by atoms with Crippen LogP contribution in [0.1, 0.15) is 6.92 Å². The minimum Gasteiger partial charge on any atom is -0.303 e. The molecule has 0 aromatic heterocycles. The summed E-state index contributed by atoms with van der Waals surface area (Å²) in [6, 6.07) is 0. The number of rotatable bonds is 0. The van der Waals surface area contributed by atoms with E-state index >= 15 is 0 Å². The first kappa shape index (κ1) is 5.25. The molecule has 1 N–H and O–H groups in total. The molecule has 1 heterocycles. The van der Waals surface area contributed by atoms with E-state index in [1.165, 1.54) is 0 Å². The van der Waals surface area contributed by atoms with Crippen molar-refractivity contribution >= 4 is 10.8 Å². The van der Waals surface area contributed by atoms with Gasteiger partial charge in [0.1, 0.15) is 0 Å². The first-order valence-electron chi connectivity index (χ1n) is 2.41. The highest BCUT2D eigenvalue weighted by Gasteiger charge is 2.15. The van der Waals surface area contributed by atoms with Crippen molar-refractivity contribution in [3.8, 4) is 0 Å². The zero-order valence-electron chi connectivity index (χ0n) is 4.31. The van der Waals surface area contributed by atoms with E-state index in [0.717, 1.165) is 12.3 Å². The molecule has 1 fully saturated rings. The molecule has 7 heavy (non-hydrogen) atoms. The van der Waals surface area contributed by atoms with Gasteiger partial charge in [0.25, 0.3) is 0 Å². The lowest BCUT2D eigenvalue weighted by molar-refractivity contribution is 0.673. The molecule has 0 aromatic rings. The quantitative estimate of drug-likeness (QED) is 0.473. The average Bonchev–Trinajstić information content (AvgIpc) is 1.91. The van der Waals surface area contributed by atoms with Crippen molar-refractivity contribution in [1.29, 1.82) is 0 Å². The fourth-order valence-electron chi connectivity index (χ4n) is 0.633. The Labute approximate surface area is 45.8 Å². The number of hydrogen-bond donors (Lipinski definition) is 1. The summed E-state index contributed by atoms with van der Waals surface area (Å²) in [7, 11) is -0.579. The van der Waals surface area contributed by atoms with Gasteiger partial charge in [-0.05, 0) is 6.92 Å². The van der Waals surface area contributed by atoms with Crippen molar-refractivity contribution in [2.45, 2.75) is 12.3 Å². The molecule has 0 saturated carbocycles. The SMILES string of the molecule is CC1NCCS1=O. The van der Waals surface area contributed by atoms with Gasteiger partial charge >= 0.3 is 0 Å². The highest BCUT2D eigenvalue weighted by Crippen LogP contribution is 1.96. The van der Waals surface area contributed by atoms with Crippen LogP contribution in [-0.2, 0) is 10.8 Å². The second-order valence-corrected chi connectivity index (χ2v) is 3.56. The van der Waals surface area contributed by atoms with Crippen LogP contribution in [0.25, 0.3) is 0 Å². The van der Waals surface area contributed by atoms with Crippen LogP contribution in [0.2, 0.25) is 0 Å². The van der Waals surface area contributed by atoms with Gasteiger partial charge in [0.15, 0.2) is 0 Å². The maximum absolute atomic E-state index is 10.6. The number of hydrogen-bond acceptors (Lipinski definition) is 2. The van der Waals surface area contributed by atoms with Crippen molar-refractivity contribution in [2.24, 2.45) is 0 Å². The monoisotopic (exact) mass is 119 g/mol. The molecule has 2 nitrogen and oxygen atoms in total. The maximum Gasteiger partial charge on any atom is 0.0807 e. The summed E-state index contributed by atoms with van der Waals surface area (Å²) in [5, 5.41) is 3.31. The number of nitrogens with one attached hydrogen (secondary N) is 1. The fraction of sp³-hybridized carbons (Fsp3) is 1.00. The van der Waals surface area contributed by atoms with E-state index in [4.69, 9.17) is 0 Å². The summed E-state index contributed by atoms with van der Waals surface area (Å²) >= 11 is 0. The summed E-state index contributed by atoms with van der Waals surface area (Å²) < 4.78 is 10.6. The van der Waals surface area contributed by atoms with Crippen LogP contribution in [0.4, 0.5) is 0 Å². The highest BCUT2D eigenvalue weighted by atomic mass is 32.2. The molecule has 0 bridgehead atoms. The van der Waals surface area contributed by atoms with E-state index in [9.17, 15) is 4.21 Å². The van der Waals surface area contributed by atoms with Crippen LogP contribution < -0.4 is 5.32 Å². The minimum absolute atomic E-state index is 0.236. The van der Waals surface area contributed by atoms with Crippen LogP contribution in [-0.4, -0.2) is 21.9 Å². The van der Waals surface area contributed by atoms with Crippen molar-refractivity contribution in [3.05, 3.63) is 0 Å². The molecule has 1 aliphatic rings. The van der Waals surface area contributed by atoms with Gasteiger partial charge in [0, 0.05) is 23.1 Å². The van der Waals surface area contributed by atoms with Crippen LogP contribution >= 0.6 is 0 Å². The molecule has 0 spiro atoms. The van der Waals surface area contributed by atoms with E-state index in [-0.39, 0.29) is 5.37 Å². The molecule has 0 radical (unpaired) electrons. The molecule has 0 aliphatic carbocycles. The van der Waals surface area contributed by atoms with E-state index in [0.29, 0.717) is 0 Å². The minimum atomic E-state index is -0.579. The molecule has 1 aliphatic heterocycles. The van der Waals surface area contributed by atoms with Gasteiger partial charge in [-0.25, -0.2) is 0 Å². The molecular formula is C4H9NOS. The smallest absolute Gasteiger partial charge is 0.0807 e. The maximum atomic E-state index is 10.6. The largest absolute Gasteiger partial charge is 0.303 e. The predicted molar refractivity (Wildman–Crippen MR) is 30.5 cm³/mol. The summed E-state index contributed by atoms with van der Waals surface area (Å²) in [6.07, 6.45) is 0. The molecule has 42 valence electrons. The van der Waals surface area contributed by atoms with Gasteiger partial charge in [-0.2, -0.15) is 0 Å². The molecule has 1 saturated heterocycles. The molecule has 2 unspecified atom stereocenters. The van der Waals surface area contributed by atoms with Crippen molar-refractivity contribution < 1.29 is 4.21 Å². The average molecular weight is 119 g/mol. The molecule has 1 rings (SSSR count). The van der Waals surface area contributed by atoms with Crippen molar-refractivity contribution in [3.63, 3.8) is 0 Å². The Morgan fingerprint density at radius 2 is 2.57 bits per heavy atom. The van der Waals surface area contributed by atoms with Gasteiger partial charge in [-0.15, -0.1) is 0 Å².